The molecule has 0 aliphatic heterocycles. The van der Waals surface area contributed by atoms with E-state index >= 15 is 0 Å². The van der Waals surface area contributed by atoms with Crippen molar-refractivity contribution in [1.29, 1.82) is 0 Å². The van der Waals surface area contributed by atoms with Gasteiger partial charge in [0, 0.05) is 19.8 Å². The van der Waals surface area contributed by atoms with Gasteiger partial charge < -0.3 is 14.6 Å². The van der Waals surface area contributed by atoms with E-state index in [0.717, 1.165) is 6.42 Å². The lowest BCUT2D eigenvalue weighted by Gasteiger charge is -2.07. The number of ether oxygens (including phenoxy) is 2. The van der Waals surface area contributed by atoms with Crippen molar-refractivity contribution in [3.63, 3.8) is 0 Å². The van der Waals surface area contributed by atoms with Crippen LogP contribution in [0.5, 0.6) is 0 Å². The van der Waals surface area contributed by atoms with Crippen LogP contribution in [-0.2, 0) is 14.3 Å². The fourth-order valence-electron chi connectivity index (χ4n) is 0.637. The second kappa shape index (κ2) is 7.06. The number of hydrogen-bond acceptors (Lipinski definition) is 3. The predicted molar refractivity (Wildman–Crippen MR) is 44.2 cm³/mol. The molecule has 4 nitrogen and oxygen atoms in total. The summed E-state index contributed by atoms with van der Waals surface area (Å²) in [5, 5.41) is 8.43. The molecule has 12 heavy (non-hydrogen) atoms. The predicted octanol–water partition coefficient (Wildman–Crippen LogP) is 0.903. The second-order valence-corrected chi connectivity index (χ2v) is 2.40. The van der Waals surface area contributed by atoms with Gasteiger partial charge in [0.2, 0.25) is 0 Å². The van der Waals surface area contributed by atoms with Gasteiger partial charge in [0.05, 0.1) is 0 Å². The van der Waals surface area contributed by atoms with Crippen LogP contribution in [0.3, 0.4) is 0 Å². The molecule has 1 unspecified atom stereocenters. The van der Waals surface area contributed by atoms with Gasteiger partial charge in [-0.3, -0.25) is 0 Å². The van der Waals surface area contributed by atoms with Crippen LogP contribution in [0.15, 0.2) is 0 Å². The van der Waals surface area contributed by atoms with E-state index in [1.165, 1.54) is 6.92 Å². The molecule has 0 aromatic carbocycles. The Morgan fingerprint density at radius 3 is 2.67 bits per heavy atom. The average molecular weight is 176 g/mol. The molecule has 1 atom stereocenters. The van der Waals surface area contributed by atoms with E-state index in [1.807, 2.05) is 6.92 Å². The highest BCUT2D eigenvalue weighted by Crippen LogP contribution is 1.92. The topological polar surface area (TPSA) is 55.8 Å². The number of carboxylic acid groups (broad SMARTS) is 1. The molecule has 0 aromatic heterocycles. The minimum absolute atomic E-state index is 0.438. The first-order valence-corrected chi connectivity index (χ1v) is 4.10. The summed E-state index contributed by atoms with van der Waals surface area (Å²) in [5.74, 6) is -0.925. The Kier molecular flexibility index (Phi) is 6.70. The van der Waals surface area contributed by atoms with Crippen molar-refractivity contribution in [3.05, 3.63) is 0 Å². The van der Waals surface area contributed by atoms with Crippen LogP contribution in [0.4, 0.5) is 0 Å². The van der Waals surface area contributed by atoms with Gasteiger partial charge in [0.25, 0.3) is 0 Å². The third-order valence-corrected chi connectivity index (χ3v) is 1.35. The van der Waals surface area contributed by atoms with Gasteiger partial charge in [0.1, 0.15) is 0 Å². The summed E-state index contributed by atoms with van der Waals surface area (Å²) in [6.07, 6.45) is 0.0254. The minimum Gasteiger partial charge on any atom is -0.479 e. The largest absolute Gasteiger partial charge is 0.479 e. The van der Waals surface area contributed by atoms with E-state index < -0.39 is 12.1 Å². The summed E-state index contributed by atoms with van der Waals surface area (Å²) < 4.78 is 10.0. The van der Waals surface area contributed by atoms with Crippen molar-refractivity contribution in [2.45, 2.75) is 26.4 Å². The third-order valence-electron chi connectivity index (χ3n) is 1.35. The molecule has 0 heterocycles. The highest BCUT2D eigenvalue weighted by Gasteiger charge is 2.09. The lowest BCUT2D eigenvalue weighted by atomic mass is 10.4. The normalized spacial score (nSPS) is 12.8. The first kappa shape index (κ1) is 11.4. The third kappa shape index (κ3) is 6.12. The summed E-state index contributed by atoms with van der Waals surface area (Å²) >= 11 is 0. The van der Waals surface area contributed by atoms with Gasteiger partial charge in [-0.2, -0.15) is 0 Å². The van der Waals surface area contributed by atoms with E-state index in [9.17, 15) is 4.79 Å². The minimum atomic E-state index is -0.925. The first-order valence-electron chi connectivity index (χ1n) is 4.10. The van der Waals surface area contributed by atoms with Crippen molar-refractivity contribution in [2.24, 2.45) is 0 Å². The Labute approximate surface area is 72.5 Å². The average Bonchev–Trinajstić information content (AvgIpc) is 2.03. The van der Waals surface area contributed by atoms with Crippen molar-refractivity contribution < 1.29 is 19.4 Å². The van der Waals surface area contributed by atoms with Crippen LogP contribution in [0.25, 0.3) is 0 Å². The van der Waals surface area contributed by atoms with Crippen LogP contribution in [0, 0.1) is 0 Å². The zero-order valence-corrected chi connectivity index (χ0v) is 7.58. The van der Waals surface area contributed by atoms with Crippen molar-refractivity contribution in [2.75, 3.05) is 19.8 Å². The number of carbonyl (C=O) groups is 1. The van der Waals surface area contributed by atoms with Gasteiger partial charge in [0.15, 0.2) is 6.10 Å². The Balaban J connectivity index is 3.14. The summed E-state index contributed by atoms with van der Waals surface area (Å²) in [5.41, 5.74) is 0. The van der Waals surface area contributed by atoms with Crippen molar-refractivity contribution >= 4 is 5.97 Å². The van der Waals surface area contributed by atoms with Gasteiger partial charge in [-0.15, -0.1) is 0 Å². The van der Waals surface area contributed by atoms with Crippen molar-refractivity contribution in [3.8, 4) is 0 Å². The molecule has 0 aromatic rings. The van der Waals surface area contributed by atoms with E-state index in [1.54, 1.807) is 0 Å². The summed E-state index contributed by atoms with van der Waals surface area (Å²) in [4.78, 5) is 10.3. The lowest BCUT2D eigenvalue weighted by Crippen LogP contribution is -2.20. The van der Waals surface area contributed by atoms with Crippen LogP contribution in [0.1, 0.15) is 20.3 Å². The Hall–Kier alpha value is -0.610. The van der Waals surface area contributed by atoms with Gasteiger partial charge >= 0.3 is 5.97 Å². The first-order chi connectivity index (χ1) is 5.68. The lowest BCUT2D eigenvalue weighted by molar-refractivity contribution is -0.149. The van der Waals surface area contributed by atoms with E-state index in [2.05, 4.69) is 0 Å². The summed E-state index contributed by atoms with van der Waals surface area (Å²) in [7, 11) is 0. The van der Waals surface area contributed by atoms with Gasteiger partial charge in [-0.05, 0) is 20.3 Å². The molecule has 0 fully saturated rings. The Bertz CT molecular complexity index is 124. The number of carboxylic acids is 1. The van der Waals surface area contributed by atoms with E-state index in [-0.39, 0.29) is 0 Å². The Morgan fingerprint density at radius 2 is 2.17 bits per heavy atom. The highest BCUT2D eigenvalue weighted by atomic mass is 16.5. The number of aliphatic carboxylic acids is 1. The van der Waals surface area contributed by atoms with Crippen LogP contribution < -0.4 is 0 Å². The molecule has 0 saturated heterocycles. The molecule has 0 aliphatic carbocycles. The maximum Gasteiger partial charge on any atom is 0.332 e. The van der Waals surface area contributed by atoms with Crippen molar-refractivity contribution in [1.82, 2.24) is 0 Å². The maximum atomic E-state index is 10.3. The van der Waals surface area contributed by atoms with E-state index in [0.29, 0.717) is 19.8 Å². The van der Waals surface area contributed by atoms with Crippen LogP contribution in [0.2, 0.25) is 0 Å². The molecule has 72 valence electrons. The zero-order valence-electron chi connectivity index (χ0n) is 7.58. The van der Waals surface area contributed by atoms with E-state index in [4.69, 9.17) is 14.6 Å². The molecule has 0 spiro atoms. The second-order valence-electron chi connectivity index (χ2n) is 2.40. The smallest absolute Gasteiger partial charge is 0.332 e. The monoisotopic (exact) mass is 176 g/mol. The molecule has 0 bridgehead atoms. The molecular weight excluding hydrogens is 160 g/mol. The maximum absolute atomic E-state index is 10.3. The van der Waals surface area contributed by atoms with Crippen LogP contribution >= 0.6 is 0 Å². The molecule has 1 N–H and O–H groups in total. The van der Waals surface area contributed by atoms with Crippen LogP contribution in [-0.4, -0.2) is 37.0 Å². The standard InChI is InChI=1S/C8H16O4/c1-3-11-5-4-6-12-7(2)8(9)10/h7H,3-6H2,1-2H3,(H,9,10). The van der Waals surface area contributed by atoms with Gasteiger partial charge in [-0.1, -0.05) is 0 Å². The summed E-state index contributed by atoms with van der Waals surface area (Å²) in [6.45, 7) is 5.19. The molecule has 0 radical (unpaired) electrons. The van der Waals surface area contributed by atoms with Gasteiger partial charge in [-0.25, -0.2) is 4.79 Å². The fourth-order valence-corrected chi connectivity index (χ4v) is 0.637. The zero-order chi connectivity index (χ0) is 9.40. The highest BCUT2D eigenvalue weighted by molar-refractivity contribution is 5.71. The molecular formula is C8H16O4. The fraction of sp³-hybridized carbons (Fsp3) is 0.875. The molecule has 0 rings (SSSR count). The SMILES string of the molecule is CCOCCCOC(C)C(=O)O. The Morgan fingerprint density at radius 1 is 1.50 bits per heavy atom. The molecule has 0 saturated carbocycles. The molecule has 0 aliphatic rings. The quantitative estimate of drug-likeness (QED) is 0.585. The summed E-state index contributed by atoms with van der Waals surface area (Å²) in [6, 6.07) is 0. The molecule has 0 amide bonds. The molecule has 4 heteroatoms. The number of rotatable bonds is 7. The number of hydrogen-bond donors (Lipinski definition) is 1.